The van der Waals surface area contributed by atoms with Gasteiger partial charge in [0, 0.05) is 6.08 Å². The number of aliphatic hydroxyl groups is 1. The number of hydrogen-bond acceptors (Lipinski definition) is 6. The van der Waals surface area contributed by atoms with E-state index in [2.05, 4.69) is 5.32 Å². The molecule has 0 aromatic heterocycles. The average molecular weight is 320 g/mol. The van der Waals surface area contributed by atoms with Crippen molar-refractivity contribution in [2.24, 2.45) is 0 Å². The number of carbonyl (C=O) groups is 3. The molecule has 1 heterocycles. The van der Waals surface area contributed by atoms with Crippen LogP contribution < -0.4 is 10.1 Å². The molecule has 2 amide bonds. The topological polar surface area (TPSA) is 116 Å². The monoisotopic (exact) mass is 320 g/mol. The number of benzene rings is 1. The Morgan fingerprint density at radius 1 is 1.35 bits per heavy atom. The van der Waals surface area contributed by atoms with Crippen LogP contribution in [0, 0.1) is 0 Å². The summed E-state index contributed by atoms with van der Waals surface area (Å²) in [6, 6.07) is 4.72. The van der Waals surface area contributed by atoms with Gasteiger partial charge >= 0.3 is 5.97 Å². The van der Waals surface area contributed by atoms with Crippen molar-refractivity contribution in [2.75, 3.05) is 25.6 Å². The number of carbonyl (C=O) groups excluding carboxylic acids is 2. The number of carboxylic acids is 1. The van der Waals surface area contributed by atoms with Gasteiger partial charge in [0.25, 0.3) is 11.8 Å². The van der Waals surface area contributed by atoms with Gasteiger partial charge in [0.2, 0.25) is 0 Å². The van der Waals surface area contributed by atoms with Crippen molar-refractivity contribution in [3.05, 3.63) is 35.5 Å². The van der Waals surface area contributed by atoms with E-state index < -0.39 is 17.8 Å². The molecule has 0 fully saturated rings. The molecule has 2 rings (SSSR count). The molecule has 1 aromatic carbocycles. The second-order valence-corrected chi connectivity index (χ2v) is 4.81. The third-order valence-corrected chi connectivity index (χ3v) is 3.22. The van der Waals surface area contributed by atoms with Crippen LogP contribution >= 0.6 is 0 Å². The number of aliphatic hydroxyl groups excluding tert-OH is 1. The fourth-order valence-corrected chi connectivity index (χ4v) is 2.19. The molecule has 0 unspecified atom stereocenters. The summed E-state index contributed by atoms with van der Waals surface area (Å²) < 4.78 is 5.17. The Balaban J connectivity index is 2.25. The van der Waals surface area contributed by atoms with Crippen LogP contribution in [0.25, 0.3) is 0 Å². The minimum absolute atomic E-state index is 0.0363. The second kappa shape index (κ2) is 6.93. The van der Waals surface area contributed by atoms with Crippen molar-refractivity contribution < 1.29 is 29.3 Å². The molecule has 0 bridgehead atoms. The molecule has 3 N–H and O–H groups in total. The molecular weight excluding hydrogens is 304 g/mol. The minimum atomic E-state index is -0.985. The molecule has 0 radical (unpaired) electrons. The lowest BCUT2D eigenvalue weighted by Crippen LogP contribution is -2.34. The zero-order valence-electron chi connectivity index (χ0n) is 12.4. The van der Waals surface area contributed by atoms with E-state index in [9.17, 15) is 14.4 Å². The van der Waals surface area contributed by atoms with Crippen molar-refractivity contribution in [3.63, 3.8) is 0 Å². The summed E-state index contributed by atoms with van der Waals surface area (Å²) in [5, 5.41) is 20.5. The van der Waals surface area contributed by atoms with Crippen molar-refractivity contribution in [1.82, 2.24) is 4.90 Å². The number of nitrogens with one attached hydrogen (secondary N) is 1. The number of imide groups is 1. The molecule has 1 aliphatic heterocycles. The third kappa shape index (κ3) is 3.67. The highest BCUT2D eigenvalue weighted by Crippen LogP contribution is 2.28. The number of amides is 2. The summed E-state index contributed by atoms with van der Waals surface area (Å²) in [4.78, 5) is 35.5. The second-order valence-electron chi connectivity index (χ2n) is 4.81. The van der Waals surface area contributed by atoms with Gasteiger partial charge in [-0.3, -0.25) is 19.3 Å². The van der Waals surface area contributed by atoms with Gasteiger partial charge in [0.1, 0.15) is 11.4 Å². The van der Waals surface area contributed by atoms with E-state index in [1.165, 1.54) is 7.11 Å². The molecule has 0 spiro atoms. The van der Waals surface area contributed by atoms with Gasteiger partial charge in [-0.1, -0.05) is 6.07 Å². The van der Waals surface area contributed by atoms with Crippen molar-refractivity contribution in [2.45, 2.75) is 6.42 Å². The molecule has 23 heavy (non-hydrogen) atoms. The molecule has 0 aliphatic carbocycles. The first-order valence-corrected chi connectivity index (χ1v) is 6.80. The van der Waals surface area contributed by atoms with Crippen LogP contribution in [0.2, 0.25) is 0 Å². The Bertz CT molecular complexity index is 683. The predicted octanol–water partition coefficient (Wildman–Crippen LogP) is -0.0208. The fourth-order valence-electron chi connectivity index (χ4n) is 2.19. The first kappa shape index (κ1) is 16.5. The van der Waals surface area contributed by atoms with E-state index in [-0.39, 0.29) is 25.3 Å². The molecule has 0 saturated carbocycles. The third-order valence-electron chi connectivity index (χ3n) is 3.22. The normalized spacial score (nSPS) is 14.0. The molecule has 0 saturated heterocycles. The fraction of sp³-hybridized carbons (Fsp3) is 0.267. The Kier molecular flexibility index (Phi) is 4.97. The number of hydrogen-bond donors (Lipinski definition) is 3. The first-order valence-electron chi connectivity index (χ1n) is 6.80. The number of anilines is 1. The predicted molar refractivity (Wildman–Crippen MR) is 79.8 cm³/mol. The highest BCUT2D eigenvalue weighted by molar-refractivity contribution is 6.17. The van der Waals surface area contributed by atoms with Gasteiger partial charge < -0.3 is 20.3 Å². The highest BCUT2D eigenvalue weighted by atomic mass is 16.5. The Hall–Kier alpha value is -2.87. The standard InChI is InChI=1S/C15H16N2O6/c1-23-12-3-2-9(7-14(20)21)6-10(12)16-11-8-13(19)17(4-5-18)15(11)22/h2-3,6,8,16,18H,4-5,7H2,1H3,(H,20,21). The lowest BCUT2D eigenvalue weighted by molar-refractivity contribution is -0.138. The van der Waals surface area contributed by atoms with Gasteiger partial charge in [-0.2, -0.15) is 0 Å². The van der Waals surface area contributed by atoms with Gasteiger partial charge in [0.15, 0.2) is 0 Å². The number of ether oxygens (including phenoxy) is 1. The van der Waals surface area contributed by atoms with Gasteiger partial charge in [-0.05, 0) is 17.7 Å². The van der Waals surface area contributed by atoms with Crippen LogP contribution in [0.1, 0.15) is 5.56 Å². The van der Waals surface area contributed by atoms with E-state index in [0.717, 1.165) is 11.0 Å². The minimum Gasteiger partial charge on any atom is -0.495 e. The van der Waals surface area contributed by atoms with Crippen LogP contribution in [-0.2, 0) is 20.8 Å². The maximum absolute atomic E-state index is 12.1. The van der Waals surface area contributed by atoms with E-state index in [4.69, 9.17) is 14.9 Å². The van der Waals surface area contributed by atoms with Crippen LogP contribution in [0.15, 0.2) is 30.0 Å². The van der Waals surface area contributed by atoms with Gasteiger partial charge in [0.05, 0.1) is 32.4 Å². The van der Waals surface area contributed by atoms with Crippen LogP contribution in [0.5, 0.6) is 5.75 Å². The van der Waals surface area contributed by atoms with Crippen LogP contribution in [0.3, 0.4) is 0 Å². The summed E-state index contributed by atoms with van der Waals surface area (Å²) in [5.41, 5.74) is 0.934. The molecule has 1 aromatic rings. The average Bonchev–Trinajstić information content (AvgIpc) is 2.75. The van der Waals surface area contributed by atoms with Crippen LogP contribution in [-0.4, -0.2) is 53.2 Å². The first-order chi connectivity index (χ1) is 11.0. The van der Waals surface area contributed by atoms with Crippen LogP contribution in [0.4, 0.5) is 5.69 Å². The summed E-state index contributed by atoms with van der Waals surface area (Å²) in [6.07, 6.45) is 0.947. The van der Waals surface area contributed by atoms with Crippen molar-refractivity contribution in [3.8, 4) is 5.75 Å². The molecule has 8 nitrogen and oxygen atoms in total. The number of carboxylic acid groups (broad SMARTS) is 1. The van der Waals surface area contributed by atoms with E-state index >= 15 is 0 Å². The number of methoxy groups -OCH3 is 1. The Labute approximate surface area is 132 Å². The zero-order valence-corrected chi connectivity index (χ0v) is 12.4. The van der Waals surface area contributed by atoms with Gasteiger partial charge in [-0.15, -0.1) is 0 Å². The smallest absolute Gasteiger partial charge is 0.307 e. The number of aliphatic carboxylic acids is 1. The molecular formula is C15H16N2O6. The largest absolute Gasteiger partial charge is 0.495 e. The lowest BCUT2D eigenvalue weighted by Gasteiger charge is -2.15. The molecule has 122 valence electrons. The van der Waals surface area contributed by atoms with E-state index in [0.29, 0.717) is 17.0 Å². The maximum Gasteiger partial charge on any atom is 0.307 e. The number of nitrogens with zero attached hydrogens (tertiary/aromatic N) is 1. The van der Waals surface area contributed by atoms with Crippen molar-refractivity contribution in [1.29, 1.82) is 0 Å². The quantitative estimate of drug-likeness (QED) is 0.604. The summed E-state index contributed by atoms with van der Waals surface area (Å²) in [5.74, 6) is -1.66. The van der Waals surface area contributed by atoms with Gasteiger partial charge in [-0.25, -0.2) is 0 Å². The lowest BCUT2D eigenvalue weighted by atomic mass is 10.1. The van der Waals surface area contributed by atoms with Crippen molar-refractivity contribution >= 4 is 23.5 Å². The van der Waals surface area contributed by atoms with E-state index in [1.54, 1.807) is 18.2 Å². The number of β-amino-alcohol motifs (C(OH)–C–C–N with tert-alkyl or cyclic N) is 1. The summed E-state index contributed by atoms with van der Waals surface area (Å²) >= 11 is 0. The highest BCUT2D eigenvalue weighted by Gasteiger charge is 2.31. The van der Waals surface area contributed by atoms with E-state index in [1.807, 2.05) is 0 Å². The zero-order chi connectivity index (χ0) is 17.0. The SMILES string of the molecule is COc1ccc(CC(=O)O)cc1NC1=CC(=O)N(CCO)C1=O. The summed E-state index contributed by atoms with van der Waals surface area (Å²) in [6.45, 7) is -0.411. The summed E-state index contributed by atoms with van der Waals surface area (Å²) in [7, 11) is 1.44. The maximum atomic E-state index is 12.1. The molecule has 1 aliphatic rings. The Morgan fingerprint density at radius 2 is 2.09 bits per heavy atom. The molecule has 8 heteroatoms. The number of rotatable bonds is 7. The molecule has 0 atom stereocenters. The Morgan fingerprint density at radius 3 is 2.70 bits per heavy atom.